The van der Waals surface area contributed by atoms with Crippen molar-refractivity contribution < 1.29 is 12.6 Å². The number of benzene rings is 2. The van der Waals surface area contributed by atoms with Crippen molar-refractivity contribution in [1.29, 1.82) is 0 Å². The minimum absolute atomic E-state index is 0.224. The maximum Gasteiger partial charge on any atom is 0.297 e. The Morgan fingerprint density at radius 1 is 1.04 bits per heavy atom. The minimum Gasteiger partial charge on any atom is -0.263 e. The van der Waals surface area contributed by atoms with E-state index in [2.05, 4.69) is 20.8 Å². The van der Waals surface area contributed by atoms with E-state index in [0.717, 1.165) is 30.0 Å². The van der Waals surface area contributed by atoms with E-state index < -0.39 is 10.1 Å². The summed E-state index contributed by atoms with van der Waals surface area (Å²) in [7, 11) is -3.78. The maximum absolute atomic E-state index is 13.0. The smallest absolute Gasteiger partial charge is 0.263 e. The van der Waals surface area contributed by atoms with E-state index in [9.17, 15) is 8.42 Å². The Morgan fingerprint density at radius 2 is 1.75 bits per heavy atom. The van der Waals surface area contributed by atoms with Crippen LogP contribution in [0.5, 0.6) is 0 Å². The van der Waals surface area contributed by atoms with Gasteiger partial charge in [0.25, 0.3) is 10.1 Å². The molecule has 0 radical (unpaired) electrons. The molecule has 3 atom stereocenters. The Bertz CT molecular complexity index is 805. The topological polar surface area (TPSA) is 43.4 Å². The molecule has 2 aromatic carbocycles. The molecule has 3 nitrogen and oxygen atoms in total. The van der Waals surface area contributed by atoms with E-state index >= 15 is 0 Å². The summed E-state index contributed by atoms with van der Waals surface area (Å²) in [5, 5.41) is 1.64. The Labute approximate surface area is 145 Å². The van der Waals surface area contributed by atoms with E-state index in [1.54, 1.807) is 12.1 Å². The fraction of sp³-hybridized carbons (Fsp3) is 0.500. The molecule has 1 fully saturated rings. The minimum atomic E-state index is -3.78. The fourth-order valence-electron chi connectivity index (χ4n) is 3.85. The maximum atomic E-state index is 13.0. The van der Waals surface area contributed by atoms with Crippen LogP contribution in [0.4, 0.5) is 0 Å². The molecule has 0 aromatic heterocycles. The molecule has 1 aliphatic carbocycles. The summed E-state index contributed by atoms with van der Waals surface area (Å²) < 4.78 is 31.7. The molecule has 24 heavy (non-hydrogen) atoms. The summed E-state index contributed by atoms with van der Waals surface area (Å²) in [6.07, 6.45) is 2.77. The second kappa shape index (κ2) is 6.85. The van der Waals surface area contributed by atoms with Crippen molar-refractivity contribution in [3.05, 3.63) is 42.5 Å². The van der Waals surface area contributed by atoms with E-state index in [0.29, 0.717) is 17.8 Å². The van der Waals surface area contributed by atoms with Crippen LogP contribution in [0.25, 0.3) is 10.8 Å². The first kappa shape index (κ1) is 17.4. The number of rotatable bonds is 4. The van der Waals surface area contributed by atoms with Gasteiger partial charge < -0.3 is 0 Å². The largest absolute Gasteiger partial charge is 0.297 e. The number of fused-ring (bicyclic) bond motifs is 1. The van der Waals surface area contributed by atoms with Gasteiger partial charge in [0.15, 0.2) is 0 Å². The van der Waals surface area contributed by atoms with Gasteiger partial charge in [-0.3, -0.25) is 4.18 Å². The summed E-state index contributed by atoms with van der Waals surface area (Å²) in [6.45, 7) is 6.49. The van der Waals surface area contributed by atoms with E-state index in [4.69, 9.17) is 4.18 Å². The van der Waals surface area contributed by atoms with Gasteiger partial charge in [-0.15, -0.1) is 0 Å². The summed E-state index contributed by atoms with van der Waals surface area (Å²) in [5.41, 5.74) is 0. The predicted octanol–water partition coefficient (Wildman–Crippen LogP) is 5.01. The zero-order valence-electron chi connectivity index (χ0n) is 14.6. The molecule has 0 unspecified atom stereocenters. The van der Waals surface area contributed by atoms with Crippen LogP contribution in [0.1, 0.15) is 40.0 Å². The van der Waals surface area contributed by atoms with Crippen molar-refractivity contribution in [1.82, 2.24) is 0 Å². The predicted molar refractivity (Wildman–Crippen MR) is 97.3 cm³/mol. The summed E-state index contributed by atoms with van der Waals surface area (Å²) in [5.74, 6) is 1.23. The molecule has 0 spiro atoms. The Kier molecular flexibility index (Phi) is 4.97. The zero-order chi connectivity index (χ0) is 17.3. The van der Waals surface area contributed by atoms with Crippen molar-refractivity contribution in [2.75, 3.05) is 0 Å². The molecular weight excluding hydrogens is 320 g/mol. The highest BCUT2D eigenvalue weighted by Gasteiger charge is 2.35. The Morgan fingerprint density at radius 3 is 2.50 bits per heavy atom. The molecule has 3 rings (SSSR count). The molecule has 1 aliphatic rings. The monoisotopic (exact) mass is 346 g/mol. The third-order valence-electron chi connectivity index (χ3n) is 5.23. The second-order valence-corrected chi connectivity index (χ2v) is 8.93. The van der Waals surface area contributed by atoms with Gasteiger partial charge in [-0.1, -0.05) is 63.6 Å². The Balaban J connectivity index is 1.95. The molecular formula is C20H26O3S. The molecule has 0 bridgehead atoms. The van der Waals surface area contributed by atoms with Gasteiger partial charge in [0.1, 0.15) is 4.90 Å². The molecule has 0 amide bonds. The summed E-state index contributed by atoms with van der Waals surface area (Å²) in [4.78, 5) is 0.279. The first-order chi connectivity index (χ1) is 11.4. The fourth-order valence-corrected chi connectivity index (χ4v) is 5.20. The highest BCUT2D eigenvalue weighted by molar-refractivity contribution is 7.87. The van der Waals surface area contributed by atoms with Crippen LogP contribution in [0.15, 0.2) is 47.4 Å². The van der Waals surface area contributed by atoms with Crippen LogP contribution in [0, 0.1) is 17.8 Å². The van der Waals surface area contributed by atoms with Gasteiger partial charge >= 0.3 is 0 Å². The molecule has 0 aliphatic heterocycles. The highest BCUT2D eigenvalue weighted by atomic mass is 32.2. The van der Waals surface area contributed by atoms with Gasteiger partial charge in [-0.25, -0.2) is 0 Å². The lowest BCUT2D eigenvalue weighted by atomic mass is 9.75. The zero-order valence-corrected chi connectivity index (χ0v) is 15.4. The van der Waals surface area contributed by atoms with Crippen LogP contribution in [0.3, 0.4) is 0 Å². The van der Waals surface area contributed by atoms with Gasteiger partial charge in [0, 0.05) is 5.39 Å². The lowest BCUT2D eigenvalue weighted by Crippen LogP contribution is -2.35. The molecule has 1 saturated carbocycles. The third-order valence-corrected chi connectivity index (χ3v) is 6.63. The SMILES string of the molecule is CC(C)[C@@H]1CC[C@@H](C)C[C@H]1OS(=O)(=O)c1cccc2ccccc12. The lowest BCUT2D eigenvalue weighted by Gasteiger charge is -2.36. The van der Waals surface area contributed by atoms with Crippen molar-refractivity contribution in [2.45, 2.75) is 51.0 Å². The van der Waals surface area contributed by atoms with Crippen LogP contribution in [-0.4, -0.2) is 14.5 Å². The highest BCUT2D eigenvalue weighted by Crippen LogP contribution is 2.37. The van der Waals surface area contributed by atoms with Gasteiger partial charge in [0.2, 0.25) is 0 Å². The molecule has 4 heteroatoms. The van der Waals surface area contributed by atoms with Crippen LogP contribution >= 0.6 is 0 Å². The molecule has 2 aromatic rings. The third kappa shape index (κ3) is 3.50. The Hall–Kier alpha value is -1.39. The summed E-state index contributed by atoms with van der Waals surface area (Å²) >= 11 is 0. The molecule has 130 valence electrons. The number of hydrogen-bond donors (Lipinski definition) is 0. The van der Waals surface area contributed by atoms with Crippen LogP contribution in [0.2, 0.25) is 0 Å². The molecule has 0 saturated heterocycles. The van der Waals surface area contributed by atoms with Crippen molar-refractivity contribution in [3.8, 4) is 0 Å². The summed E-state index contributed by atoms with van der Waals surface area (Å²) in [6, 6.07) is 12.9. The second-order valence-electron chi connectivity index (χ2n) is 7.39. The molecule has 0 heterocycles. The standard InChI is InChI=1S/C20H26O3S/c1-14(2)17-12-11-15(3)13-19(17)23-24(21,22)20-10-6-8-16-7-4-5-9-18(16)20/h4-10,14-15,17,19H,11-13H2,1-3H3/t15-,17+,19-/m1/s1. The lowest BCUT2D eigenvalue weighted by molar-refractivity contribution is 0.0512. The van der Waals surface area contributed by atoms with Crippen molar-refractivity contribution in [3.63, 3.8) is 0 Å². The number of hydrogen-bond acceptors (Lipinski definition) is 3. The normalized spacial score (nSPS) is 25.2. The average Bonchev–Trinajstić information content (AvgIpc) is 2.53. The van der Waals surface area contributed by atoms with Crippen molar-refractivity contribution in [2.24, 2.45) is 17.8 Å². The average molecular weight is 346 g/mol. The van der Waals surface area contributed by atoms with Crippen LogP contribution < -0.4 is 0 Å². The quantitative estimate of drug-likeness (QED) is 0.731. The van der Waals surface area contributed by atoms with Gasteiger partial charge in [-0.05, 0) is 42.0 Å². The van der Waals surface area contributed by atoms with E-state index in [1.165, 1.54) is 0 Å². The van der Waals surface area contributed by atoms with E-state index in [-0.39, 0.29) is 11.0 Å². The van der Waals surface area contributed by atoms with Gasteiger partial charge in [-0.2, -0.15) is 8.42 Å². The van der Waals surface area contributed by atoms with Crippen LogP contribution in [-0.2, 0) is 14.3 Å². The van der Waals surface area contributed by atoms with E-state index in [1.807, 2.05) is 30.3 Å². The first-order valence-corrected chi connectivity index (χ1v) is 10.2. The van der Waals surface area contributed by atoms with Gasteiger partial charge in [0.05, 0.1) is 6.10 Å². The van der Waals surface area contributed by atoms with Crippen molar-refractivity contribution >= 4 is 20.9 Å². The molecule has 0 N–H and O–H groups in total. The first-order valence-electron chi connectivity index (χ1n) is 8.79.